The van der Waals surface area contributed by atoms with Gasteiger partial charge in [0.2, 0.25) is 0 Å². The predicted molar refractivity (Wildman–Crippen MR) is 53.6 cm³/mol. The van der Waals surface area contributed by atoms with Crippen LogP contribution in [-0.4, -0.2) is 19.7 Å². The topological polar surface area (TPSA) is 35.5 Å². The van der Waals surface area contributed by atoms with Crippen molar-refractivity contribution in [1.82, 2.24) is 0 Å². The molecule has 0 fully saturated rings. The number of methoxy groups -OCH3 is 2. The molecule has 1 rings (SSSR count). The lowest BCUT2D eigenvalue weighted by molar-refractivity contribution is 0.108. The van der Waals surface area contributed by atoms with E-state index in [0.717, 1.165) is 0 Å². The summed E-state index contributed by atoms with van der Waals surface area (Å²) in [7, 11) is 5.19. The second kappa shape index (κ2) is 4.24. The molecule has 0 aliphatic carbocycles. The van der Waals surface area contributed by atoms with Crippen LogP contribution in [0.5, 0.6) is 11.5 Å². The van der Waals surface area contributed by atoms with Crippen LogP contribution in [0.1, 0.15) is 10.4 Å². The summed E-state index contributed by atoms with van der Waals surface area (Å²) in [6.45, 7) is 0. The highest BCUT2D eigenvalue weighted by atomic mass is 31.0. The fraction of sp³-hybridized carbons (Fsp3) is 0.222. The van der Waals surface area contributed by atoms with Gasteiger partial charge in [-0.25, -0.2) is 0 Å². The van der Waals surface area contributed by atoms with Crippen molar-refractivity contribution in [2.24, 2.45) is 0 Å². The molecule has 1 unspecified atom stereocenters. The van der Waals surface area contributed by atoms with E-state index in [0.29, 0.717) is 17.1 Å². The molecule has 0 saturated carbocycles. The van der Waals surface area contributed by atoms with Gasteiger partial charge in [-0.3, -0.25) is 4.79 Å². The van der Waals surface area contributed by atoms with Crippen LogP contribution in [-0.2, 0) is 0 Å². The van der Waals surface area contributed by atoms with E-state index in [1.807, 2.05) is 0 Å². The van der Waals surface area contributed by atoms with Crippen molar-refractivity contribution in [2.75, 3.05) is 14.2 Å². The Morgan fingerprint density at radius 2 is 2.00 bits per heavy atom. The lowest BCUT2D eigenvalue weighted by Crippen LogP contribution is -1.95. The summed E-state index contributed by atoms with van der Waals surface area (Å²) < 4.78 is 10.0. The van der Waals surface area contributed by atoms with Gasteiger partial charge in [0.05, 0.1) is 19.8 Å². The molecule has 4 heteroatoms. The Balaban J connectivity index is 3.15. The van der Waals surface area contributed by atoms with Crippen LogP contribution in [0.3, 0.4) is 0 Å². The van der Waals surface area contributed by atoms with Gasteiger partial charge in [-0.05, 0) is 12.1 Å². The van der Waals surface area contributed by atoms with Crippen molar-refractivity contribution in [3.63, 3.8) is 0 Å². The number of rotatable bonds is 3. The minimum Gasteiger partial charge on any atom is -0.497 e. The number of benzene rings is 1. The Labute approximate surface area is 79.2 Å². The van der Waals surface area contributed by atoms with Crippen LogP contribution in [0.25, 0.3) is 0 Å². The molecule has 1 aromatic rings. The molecule has 0 N–H and O–H groups in total. The highest BCUT2D eigenvalue weighted by Crippen LogP contribution is 2.25. The van der Waals surface area contributed by atoms with Crippen molar-refractivity contribution >= 4 is 14.8 Å². The van der Waals surface area contributed by atoms with Crippen LogP contribution in [0.2, 0.25) is 0 Å². The van der Waals surface area contributed by atoms with E-state index in [9.17, 15) is 4.79 Å². The minimum absolute atomic E-state index is 0.0977. The molecular formula is C9H11O3P. The van der Waals surface area contributed by atoms with Gasteiger partial charge in [-0.2, -0.15) is 0 Å². The summed E-state index contributed by atoms with van der Waals surface area (Å²) >= 11 is 0. The number of hydrogen-bond donors (Lipinski definition) is 0. The van der Waals surface area contributed by atoms with Crippen LogP contribution >= 0.6 is 9.24 Å². The zero-order valence-corrected chi connectivity index (χ0v) is 8.69. The summed E-state index contributed by atoms with van der Waals surface area (Å²) in [6, 6.07) is 5.07. The number of hydrogen-bond acceptors (Lipinski definition) is 3. The third kappa shape index (κ3) is 2.19. The third-order valence-electron chi connectivity index (χ3n) is 1.67. The average Bonchev–Trinajstić information content (AvgIpc) is 2.16. The van der Waals surface area contributed by atoms with Crippen molar-refractivity contribution < 1.29 is 14.3 Å². The van der Waals surface area contributed by atoms with Crippen molar-refractivity contribution in [3.8, 4) is 11.5 Å². The smallest absolute Gasteiger partial charge is 0.181 e. The second-order valence-electron chi connectivity index (χ2n) is 2.43. The first-order chi connectivity index (χ1) is 6.19. The lowest BCUT2D eigenvalue weighted by atomic mass is 10.2. The molecular weight excluding hydrogens is 187 g/mol. The summed E-state index contributed by atoms with van der Waals surface area (Å²) in [4.78, 5) is 11.1. The van der Waals surface area contributed by atoms with E-state index in [-0.39, 0.29) is 5.52 Å². The van der Waals surface area contributed by atoms with Gasteiger partial charge in [0.15, 0.2) is 5.52 Å². The highest BCUT2D eigenvalue weighted by molar-refractivity contribution is 7.41. The molecule has 0 aliphatic rings. The van der Waals surface area contributed by atoms with Gasteiger partial charge in [0.25, 0.3) is 0 Å². The minimum atomic E-state index is -0.0977. The Kier molecular flexibility index (Phi) is 3.26. The first-order valence-corrected chi connectivity index (χ1v) is 4.28. The zero-order chi connectivity index (χ0) is 9.84. The van der Waals surface area contributed by atoms with Crippen molar-refractivity contribution in [2.45, 2.75) is 0 Å². The molecule has 0 aliphatic heterocycles. The van der Waals surface area contributed by atoms with Gasteiger partial charge < -0.3 is 9.47 Å². The highest BCUT2D eigenvalue weighted by Gasteiger charge is 2.08. The molecule has 0 radical (unpaired) electrons. The van der Waals surface area contributed by atoms with Crippen molar-refractivity contribution in [3.05, 3.63) is 23.8 Å². The average molecular weight is 198 g/mol. The second-order valence-corrected chi connectivity index (χ2v) is 2.95. The maximum absolute atomic E-state index is 11.1. The van der Waals surface area contributed by atoms with E-state index in [2.05, 4.69) is 9.24 Å². The summed E-state index contributed by atoms with van der Waals surface area (Å²) in [5, 5.41) is 0. The Hall–Kier alpha value is -1.08. The lowest BCUT2D eigenvalue weighted by Gasteiger charge is -2.07. The molecule has 3 nitrogen and oxygen atoms in total. The Morgan fingerprint density at radius 1 is 1.31 bits per heavy atom. The molecule has 1 aromatic carbocycles. The molecule has 0 heterocycles. The third-order valence-corrected chi connectivity index (χ3v) is 1.99. The Bertz CT molecular complexity index is 323. The van der Waals surface area contributed by atoms with Gasteiger partial charge >= 0.3 is 0 Å². The van der Waals surface area contributed by atoms with Crippen LogP contribution in [0.4, 0.5) is 0 Å². The number of ether oxygens (including phenoxy) is 2. The summed E-state index contributed by atoms with van der Waals surface area (Å²) in [6.07, 6.45) is 0. The van der Waals surface area contributed by atoms with Crippen LogP contribution in [0.15, 0.2) is 18.2 Å². The van der Waals surface area contributed by atoms with E-state index in [4.69, 9.17) is 9.47 Å². The van der Waals surface area contributed by atoms with E-state index in [1.165, 1.54) is 7.11 Å². The SMILES string of the molecule is COc1ccc(C(=O)P)c(OC)c1. The summed E-state index contributed by atoms with van der Waals surface area (Å²) in [5.41, 5.74) is 0.438. The largest absolute Gasteiger partial charge is 0.497 e. The molecule has 0 aromatic heterocycles. The standard InChI is InChI=1S/C9H11O3P/c1-11-6-3-4-7(9(10)13)8(5-6)12-2/h3-5H,13H2,1-2H3. The summed E-state index contributed by atoms with van der Waals surface area (Å²) in [5.74, 6) is 1.20. The molecule has 1 atom stereocenters. The van der Waals surface area contributed by atoms with Gasteiger partial charge in [0, 0.05) is 6.07 Å². The first-order valence-electron chi connectivity index (χ1n) is 3.71. The number of carbonyl (C=O) groups is 1. The molecule has 70 valence electrons. The van der Waals surface area contributed by atoms with Gasteiger partial charge in [0.1, 0.15) is 11.5 Å². The first kappa shape index (κ1) is 10.0. The fourth-order valence-electron chi connectivity index (χ4n) is 1.00. The molecule has 0 spiro atoms. The maximum atomic E-state index is 11.1. The van der Waals surface area contributed by atoms with Crippen LogP contribution in [0, 0.1) is 0 Å². The normalized spacial score (nSPS) is 9.46. The molecule has 0 saturated heterocycles. The zero-order valence-electron chi connectivity index (χ0n) is 7.53. The fourth-order valence-corrected chi connectivity index (χ4v) is 1.24. The van der Waals surface area contributed by atoms with E-state index >= 15 is 0 Å². The van der Waals surface area contributed by atoms with E-state index in [1.54, 1.807) is 25.3 Å². The van der Waals surface area contributed by atoms with E-state index < -0.39 is 0 Å². The van der Waals surface area contributed by atoms with Gasteiger partial charge in [-0.1, -0.05) is 9.24 Å². The quantitative estimate of drug-likeness (QED) is 0.693. The molecule has 13 heavy (non-hydrogen) atoms. The predicted octanol–water partition coefficient (Wildman–Crippen LogP) is 1.72. The number of carbonyl (C=O) groups excluding carboxylic acids is 1. The monoisotopic (exact) mass is 198 g/mol. The van der Waals surface area contributed by atoms with Crippen molar-refractivity contribution in [1.29, 1.82) is 0 Å². The Morgan fingerprint density at radius 3 is 2.46 bits per heavy atom. The maximum Gasteiger partial charge on any atom is 0.181 e. The van der Waals surface area contributed by atoms with Gasteiger partial charge in [-0.15, -0.1) is 0 Å². The molecule has 0 amide bonds. The molecule has 0 bridgehead atoms. The van der Waals surface area contributed by atoms with Crippen LogP contribution < -0.4 is 9.47 Å².